The molecule has 0 radical (unpaired) electrons. The Hall–Kier alpha value is -2.80. The van der Waals surface area contributed by atoms with Gasteiger partial charge in [0.1, 0.15) is 0 Å². The van der Waals surface area contributed by atoms with Gasteiger partial charge in [-0.25, -0.2) is 0 Å². The maximum Gasteiger partial charge on any atom is 0.0390 e. The number of hydrogen-bond acceptors (Lipinski definition) is 1. The summed E-state index contributed by atoms with van der Waals surface area (Å²) in [6.45, 7) is 6.81. The van der Waals surface area contributed by atoms with E-state index in [-0.39, 0.29) is 5.41 Å². The van der Waals surface area contributed by atoms with Crippen LogP contribution in [0.4, 0.5) is 11.4 Å². The topological polar surface area (TPSA) is 12.0 Å². The molecule has 1 atom stereocenters. The van der Waals surface area contributed by atoms with Gasteiger partial charge in [-0.1, -0.05) is 67.1 Å². The van der Waals surface area contributed by atoms with E-state index < -0.39 is 0 Å². The summed E-state index contributed by atoms with van der Waals surface area (Å²) in [5.74, 6) is 0. The average molecular weight is 339 g/mol. The molecule has 1 unspecified atom stereocenters. The van der Waals surface area contributed by atoms with Gasteiger partial charge in [0.15, 0.2) is 0 Å². The largest absolute Gasteiger partial charge is 0.356 e. The minimum Gasteiger partial charge on any atom is -0.356 e. The molecule has 26 heavy (non-hydrogen) atoms. The normalized spacial score (nSPS) is 19.4. The number of hydrogen-bond donors (Lipinski definition) is 1. The van der Waals surface area contributed by atoms with Crippen molar-refractivity contribution in [2.45, 2.75) is 32.6 Å². The highest BCUT2D eigenvalue weighted by atomic mass is 14.9. The van der Waals surface area contributed by atoms with Gasteiger partial charge in [-0.2, -0.15) is 0 Å². The van der Waals surface area contributed by atoms with Crippen molar-refractivity contribution in [2.75, 3.05) is 5.32 Å². The third kappa shape index (κ3) is 2.94. The van der Waals surface area contributed by atoms with E-state index in [1.54, 1.807) is 0 Å². The van der Waals surface area contributed by atoms with Crippen molar-refractivity contribution in [3.05, 3.63) is 95.6 Å². The molecule has 130 valence electrons. The van der Waals surface area contributed by atoms with Crippen molar-refractivity contribution < 1.29 is 0 Å². The first kappa shape index (κ1) is 16.7. The van der Waals surface area contributed by atoms with Gasteiger partial charge >= 0.3 is 0 Å². The van der Waals surface area contributed by atoms with Crippen molar-refractivity contribution in [2.24, 2.45) is 0 Å². The second kappa shape index (κ2) is 6.49. The highest BCUT2D eigenvalue weighted by Gasteiger charge is 2.30. The van der Waals surface area contributed by atoms with Crippen LogP contribution in [0.1, 0.15) is 31.4 Å². The molecule has 1 aliphatic carbocycles. The Morgan fingerprint density at radius 3 is 2.38 bits per heavy atom. The zero-order chi connectivity index (χ0) is 18.1. The van der Waals surface area contributed by atoms with Gasteiger partial charge in [0.25, 0.3) is 0 Å². The first-order valence-electron chi connectivity index (χ1n) is 9.27. The Kier molecular flexibility index (Phi) is 4.16. The SMILES string of the molecule is CC1=CC=CCC1(C)c1cc(Nc2ccc3ccccc3c2)ccc1C. The lowest BCUT2D eigenvalue weighted by molar-refractivity contribution is 0.556. The summed E-state index contributed by atoms with van der Waals surface area (Å²) in [6, 6.07) is 21.7. The minimum absolute atomic E-state index is 0.0694. The highest BCUT2D eigenvalue weighted by molar-refractivity contribution is 5.86. The molecule has 0 aromatic heterocycles. The van der Waals surface area contributed by atoms with E-state index >= 15 is 0 Å². The van der Waals surface area contributed by atoms with Gasteiger partial charge in [-0.05, 0) is 66.4 Å². The molecule has 1 nitrogen and oxygen atoms in total. The van der Waals surface area contributed by atoms with Crippen LogP contribution in [0.25, 0.3) is 10.8 Å². The zero-order valence-electron chi connectivity index (χ0n) is 15.7. The van der Waals surface area contributed by atoms with Gasteiger partial charge in [-0.15, -0.1) is 0 Å². The number of aryl methyl sites for hydroxylation is 1. The highest BCUT2D eigenvalue weighted by Crippen LogP contribution is 2.40. The predicted molar refractivity (Wildman–Crippen MR) is 113 cm³/mol. The summed E-state index contributed by atoms with van der Waals surface area (Å²) < 4.78 is 0. The van der Waals surface area contributed by atoms with Crippen LogP contribution in [-0.2, 0) is 5.41 Å². The molecule has 0 amide bonds. The molecule has 3 aromatic carbocycles. The third-order valence-corrected chi connectivity index (χ3v) is 5.75. The first-order valence-corrected chi connectivity index (χ1v) is 9.27. The molecule has 0 spiro atoms. The number of nitrogens with one attached hydrogen (secondary N) is 1. The van der Waals surface area contributed by atoms with Crippen LogP contribution in [0, 0.1) is 6.92 Å². The van der Waals surface area contributed by atoms with Crippen LogP contribution in [0.3, 0.4) is 0 Å². The van der Waals surface area contributed by atoms with Gasteiger partial charge in [0, 0.05) is 16.8 Å². The third-order valence-electron chi connectivity index (χ3n) is 5.75. The van der Waals surface area contributed by atoms with Crippen molar-refractivity contribution >= 4 is 22.1 Å². The van der Waals surface area contributed by atoms with Crippen LogP contribution in [-0.4, -0.2) is 0 Å². The lowest BCUT2D eigenvalue weighted by Gasteiger charge is -2.34. The molecular weight excluding hydrogens is 314 g/mol. The molecule has 4 rings (SSSR count). The second-order valence-electron chi connectivity index (χ2n) is 7.53. The number of benzene rings is 3. The monoisotopic (exact) mass is 339 g/mol. The van der Waals surface area contributed by atoms with Gasteiger partial charge in [0.05, 0.1) is 0 Å². The van der Waals surface area contributed by atoms with Crippen LogP contribution in [0.5, 0.6) is 0 Å². The average Bonchev–Trinajstić information content (AvgIpc) is 2.65. The van der Waals surface area contributed by atoms with E-state index in [4.69, 9.17) is 0 Å². The molecule has 0 fully saturated rings. The number of allylic oxidation sites excluding steroid dienone is 4. The van der Waals surface area contributed by atoms with Crippen molar-refractivity contribution in [3.8, 4) is 0 Å². The molecule has 1 aliphatic rings. The Labute approximate surface area is 156 Å². The standard InChI is InChI=1S/C25H25N/c1-18-11-13-23(17-24(18)25(3)15-7-6-8-19(25)2)26-22-14-12-20-9-4-5-10-21(20)16-22/h4-14,16-17,26H,15H2,1-3H3. The number of rotatable bonds is 3. The Morgan fingerprint density at radius 1 is 0.846 bits per heavy atom. The Bertz CT molecular complexity index is 1030. The van der Waals surface area contributed by atoms with Crippen molar-refractivity contribution in [3.63, 3.8) is 0 Å². The quantitative estimate of drug-likeness (QED) is 0.539. The molecule has 1 heteroatoms. The van der Waals surface area contributed by atoms with E-state index in [9.17, 15) is 0 Å². The van der Waals surface area contributed by atoms with Crippen LogP contribution in [0.2, 0.25) is 0 Å². The molecular formula is C25H25N. The van der Waals surface area contributed by atoms with E-state index in [0.29, 0.717) is 0 Å². The zero-order valence-corrected chi connectivity index (χ0v) is 15.7. The number of anilines is 2. The van der Waals surface area contributed by atoms with E-state index in [1.807, 2.05) is 0 Å². The fourth-order valence-corrected chi connectivity index (χ4v) is 3.91. The van der Waals surface area contributed by atoms with Crippen molar-refractivity contribution in [1.29, 1.82) is 0 Å². The van der Waals surface area contributed by atoms with E-state index in [1.165, 1.54) is 27.5 Å². The maximum atomic E-state index is 3.60. The summed E-state index contributed by atoms with van der Waals surface area (Å²) in [7, 11) is 0. The first-order chi connectivity index (χ1) is 12.6. The van der Waals surface area contributed by atoms with Crippen LogP contribution in [0.15, 0.2) is 84.5 Å². The Morgan fingerprint density at radius 2 is 1.58 bits per heavy atom. The lowest BCUT2D eigenvalue weighted by atomic mass is 9.70. The molecule has 3 aromatic rings. The van der Waals surface area contributed by atoms with Crippen molar-refractivity contribution in [1.82, 2.24) is 0 Å². The maximum absolute atomic E-state index is 3.60. The summed E-state index contributed by atoms with van der Waals surface area (Å²) in [5, 5.41) is 6.12. The molecule has 0 saturated carbocycles. The van der Waals surface area contributed by atoms with Gasteiger partial charge in [0.2, 0.25) is 0 Å². The molecule has 0 bridgehead atoms. The van der Waals surface area contributed by atoms with E-state index in [2.05, 4.69) is 105 Å². The summed E-state index contributed by atoms with van der Waals surface area (Å²) in [5.41, 5.74) is 6.51. The molecule has 1 N–H and O–H groups in total. The smallest absolute Gasteiger partial charge is 0.0390 e. The second-order valence-corrected chi connectivity index (χ2v) is 7.53. The molecule has 0 aliphatic heterocycles. The van der Waals surface area contributed by atoms with Gasteiger partial charge in [-0.3, -0.25) is 0 Å². The van der Waals surface area contributed by atoms with Crippen LogP contribution < -0.4 is 5.32 Å². The summed E-state index contributed by atoms with van der Waals surface area (Å²) in [6.07, 6.45) is 7.74. The summed E-state index contributed by atoms with van der Waals surface area (Å²) >= 11 is 0. The molecule has 0 heterocycles. The fourth-order valence-electron chi connectivity index (χ4n) is 3.91. The lowest BCUT2D eigenvalue weighted by Crippen LogP contribution is -2.25. The van der Waals surface area contributed by atoms with Gasteiger partial charge < -0.3 is 5.32 Å². The predicted octanol–water partition coefficient (Wildman–Crippen LogP) is 7.06. The van der Waals surface area contributed by atoms with Crippen LogP contribution >= 0.6 is 0 Å². The summed E-state index contributed by atoms with van der Waals surface area (Å²) in [4.78, 5) is 0. The fraction of sp³-hybridized carbons (Fsp3) is 0.200. The minimum atomic E-state index is 0.0694. The molecule has 0 saturated heterocycles. The Balaban J connectivity index is 1.69. The van der Waals surface area contributed by atoms with E-state index in [0.717, 1.165) is 17.8 Å². The number of fused-ring (bicyclic) bond motifs is 1.